The number of hydrogen-bond donors (Lipinski definition) is 1. The number of carbonyl (C=O) groups excluding carboxylic acids is 1. The summed E-state index contributed by atoms with van der Waals surface area (Å²) in [6.07, 6.45) is 3.31. The van der Waals surface area contributed by atoms with Gasteiger partial charge in [-0.1, -0.05) is 0 Å². The summed E-state index contributed by atoms with van der Waals surface area (Å²) in [5.74, 6) is -0.834. The van der Waals surface area contributed by atoms with Crippen molar-refractivity contribution in [3.63, 3.8) is 0 Å². The highest BCUT2D eigenvalue weighted by Crippen LogP contribution is 2.33. The van der Waals surface area contributed by atoms with Crippen LogP contribution in [-0.4, -0.2) is 57.1 Å². The van der Waals surface area contributed by atoms with Crippen molar-refractivity contribution < 1.29 is 23.5 Å². The lowest BCUT2D eigenvalue weighted by Gasteiger charge is -2.37. The average molecular weight is 398 g/mol. The van der Waals surface area contributed by atoms with E-state index in [9.17, 15) is 14.0 Å². The van der Waals surface area contributed by atoms with Crippen molar-refractivity contribution in [1.29, 1.82) is 5.26 Å². The normalized spacial score (nSPS) is 17.0. The first kappa shape index (κ1) is 18.9. The van der Waals surface area contributed by atoms with E-state index in [-0.39, 0.29) is 35.1 Å². The van der Waals surface area contributed by atoms with Crippen molar-refractivity contribution in [3.8, 4) is 17.5 Å². The number of nitriles is 1. The Labute approximate surface area is 166 Å². The molecule has 9 heteroatoms. The van der Waals surface area contributed by atoms with Gasteiger partial charge in [-0.05, 0) is 43.9 Å². The predicted molar refractivity (Wildman–Crippen MR) is 98.4 cm³/mol. The van der Waals surface area contributed by atoms with Crippen LogP contribution in [0, 0.1) is 17.1 Å². The summed E-state index contributed by atoms with van der Waals surface area (Å²) in [6.45, 7) is 0.788. The second-order valence-electron chi connectivity index (χ2n) is 7.29. The van der Waals surface area contributed by atoms with Gasteiger partial charge in [-0.25, -0.2) is 14.2 Å². The van der Waals surface area contributed by atoms with Crippen molar-refractivity contribution in [2.24, 2.45) is 0 Å². The van der Waals surface area contributed by atoms with Gasteiger partial charge in [-0.2, -0.15) is 5.26 Å². The van der Waals surface area contributed by atoms with E-state index in [0.717, 1.165) is 18.9 Å². The average Bonchev–Trinajstić information content (AvgIpc) is 3.42. The lowest BCUT2D eigenvalue weighted by molar-refractivity contribution is 0.0545. The fourth-order valence-corrected chi connectivity index (χ4v) is 3.69. The lowest BCUT2D eigenvalue weighted by Crippen LogP contribution is -2.49. The highest BCUT2D eigenvalue weighted by Gasteiger charge is 2.40. The third-order valence-electron chi connectivity index (χ3n) is 5.36. The molecule has 1 aliphatic heterocycles. The first-order valence-corrected chi connectivity index (χ1v) is 9.44. The van der Waals surface area contributed by atoms with Crippen LogP contribution in [0.25, 0.3) is 11.5 Å². The molecule has 0 spiro atoms. The minimum absolute atomic E-state index is 0.0434. The fraction of sp³-hybridized carbons (Fsp3) is 0.400. The van der Waals surface area contributed by atoms with E-state index in [0.29, 0.717) is 31.5 Å². The third kappa shape index (κ3) is 3.78. The largest absolute Gasteiger partial charge is 0.465 e. The Morgan fingerprint density at radius 2 is 1.93 bits per heavy atom. The molecule has 4 rings (SSSR count). The minimum atomic E-state index is -0.941. The molecule has 8 nitrogen and oxygen atoms in total. The van der Waals surface area contributed by atoms with Crippen LogP contribution >= 0.6 is 0 Å². The number of oxazole rings is 1. The highest BCUT2D eigenvalue weighted by molar-refractivity contribution is 5.93. The molecule has 1 aliphatic carbocycles. The summed E-state index contributed by atoms with van der Waals surface area (Å²) in [6, 6.07) is 5.85. The van der Waals surface area contributed by atoms with E-state index >= 15 is 0 Å². The molecule has 2 fully saturated rings. The van der Waals surface area contributed by atoms with Crippen molar-refractivity contribution in [2.75, 3.05) is 13.1 Å². The number of benzene rings is 1. The summed E-state index contributed by atoms with van der Waals surface area (Å²) in [7, 11) is 0. The van der Waals surface area contributed by atoms with E-state index in [1.54, 1.807) is 11.0 Å². The van der Waals surface area contributed by atoms with E-state index in [1.165, 1.54) is 23.3 Å². The topological polar surface area (TPSA) is 111 Å². The number of rotatable bonds is 4. The van der Waals surface area contributed by atoms with Crippen LogP contribution in [0.1, 0.15) is 41.7 Å². The fourth-order valence-electron chi connectivity index (χ4n) is 3.69. The van der Waals surface area contributed by atoms with Crippen molar-refractivity contribution in [1.82, 2.24) is 14.8 Å². The molecule has 0 atom stereocenters. The van der Waals surface area contributed by atoms with E-state index < -0.39 is 11.9 Å². The summed E-state index contributed by atoms with van der Waals surface area (Å²) in [5.41, 5.74) is 0.398. The number of carbonyl (C=O) groups is 2. The molecule has 150 valence electrons. The van der Waals surface area contributed by atoms with Gasteiger partial charge < -0.3 is 19.3 Å². The van der Waals surface area contributed by atoms with Crippen LogP contribution in [-0.2, 0) is 0 Å². The van der Waals surface area contributed by atoms with Gasteiger partial charge in [0.1, 0.15) is 18.1 Å². The second kappa shape index (κ2) is 7.54. The van der Waals surface area contributed by atoms with Crippen molar-refractivity contribution in [3.05, 3.63) is 41.5 Å². The van der Waals surface area contributed by atoms with Crippen molar-refractivity contribution >= 4 is 12.0 Å². The molecule has 1 saturated heterocycles. The number of nitrogens with zero attached hydrogens (tertiary/aromatic N) is 4. The Morgan fingerprint density at radius 3 is 2.52 bits per heavy atom. The number of carboxylic acid groups (broad SMARTS) is 1. The van der Waals surface area contributed by atoms with Crippen LogP contribution in [0.5, 0.6) is 0 Å². The smallest absolute Gasteiger partial charge is 0.407 e. The SMILES string of the molecule is N#Cc1ccc(-c2nc(C(=O)N(C3CC3)C3CCN(C(=O)O)CC3)co2)cc1F. The predicted octanol–water partition coefficient (Wildman–Crippen LogP) is 3.10. The van der Waals surface area contributed by atoms with Crippen LogP contribution in [0.3, 0.4) is 0 Å². The van der Waals surface area contributed by atoms with Crippen LogP contribution in [0.4, 0.5) is 9.18 Å². The summed E-state index contributed by atoms with van der Waals surface area (Å²) in [5, 5.41) is 17.9. The Kier molecular flexibility index (Phi) is 4.92. The summed E-state index contributed by atoms with van der Waals surface area (Å²) >= 11 is 0. The van der Waals surface area contributed by atoms with Gasteiger partial charge in [0.15, 0.2) is 5.69 Å². The molecule has 1 saturated carbocycles. The van der Waals surface area contributed by atoms with Gasteiger partial charge >= 0.3 is 6.09 Å². The van der Waals surface area contributed by atoms with E-state index in [2.05, 4.69) is 4.98 Å². The molecule has 2 aromatic rings. The molecule has 1 aromatic heterocycles. The summed E-state index contributed by atoms with van der Waals surface area (Å²) < 4.78 is 19.3. The highest BCUT2D eigenvalue weighted by atomic mass is 19.1. The first-order chi connectivity index (χ1) is 14.0. The monoisotopic (exact) mass is 398 g/mol. The maximum absolute atomic E-state index is 13.9. The van der Waals surface area contributed by atoms with Gasteiger partial charge in [-0.15, -0.1) is 0 Å². The molecule has 29 heavy (non-hydrogen) atoms. The second-order valence-corrected chi connectivity index (χ2v) is 7.29. The number of amides is 2. The first-order valence-electron chi connectivity index (χ1n) is 9.44. The number of piperidine rings is 1. The zero-order valence-electron chi connectivity index (χ0n) is 15.5. The van der Waals surface area contributed by atoms with Crippen molar-refractivity contribution in [2.45, 2.75) is 37.8 Å². The molecule has 2 amide bonds. The quantitative estimate of drug-likeness (QED) is 0.847. The standard InChI is InChI=1S/C20H19FN4O4/c21-16-9-12(1-2-13(16)10-22)18-23-17(11-29-18)19(26)25(14-3-4-14)15-5-7-24(8-6-15)20(27)28/h1-2,9,11,14-15H,3-8H2,(H,27,28). The van der Waals surface area contributed by atoms with E-state index in [1.807, 2.05) is 0 Å². The lowest BCUT2D eigenvalue weighted by atomic mass is 10.0. The molecule has 0 bridgehead atoms. The Hall–Kier alpha value is -3.41. The number of halogens is 1. The van der Waals surface area contributed by atoms with Crippen LogP contribution in [0.15, 0.2) is 28.9 Å². The molecular weight excluding hydrogens is 379 g/mol. The van der Waals surface area contributed by atoms with Gasteiger partial charge in [0, 0.05) is 30.7 Å². The maximum atomic E-state index is 13.9. The van der Waals surface area contributed by atoms with Gasteiger partial charge in [0.2, 0.25) is 5.89 Å². The Bertz CT molecular complexity index is 987. The van der Waals surface area contributed by atoms with Crippen LogP contribution < -0.4 is 0 Å². The number of likely N-dealkylation sites (tertiary alicyclic amines) is 1. The maximum Gasteiger partial charge on any atom is 0.407 e. The molecule has 2 heterocycles. The number of hydrogen-bond acceptors (Lipinski definition) is 5. The van der Waals surface area contributed by atoms with Gasteiger partial charge in [0.05, 0.1) is 5.56 Å². The Balaban J connectivity index is 1.52. The zero-order valence-corrected chi connectivity index (χ0v) is 15.5. The molecule has 1 N–H and O–H groups in total. The number of aromatic nitrogens is 1. The zero-order chi connectivity index (χ0) is 20.5. The minimum Gasteiger partial charge on any atom is -0.465 e. The van der Waals surface area contributed by atoms with Gasteiger partial charge in [-0.3, -0.25) is 4.79 Å². The summed E-state index contributed by atoms with van der Waals surface area (Å²) in [4.78, 5) is 31.6. The third-order valence-corrected chi connectivity index (χ3v) is 5.36. The van der Waals surface area contributed by atoms with Gasteiger partial charge in [0.25, 0.3) is 5.91 Å². The molecular formula is C20H19FN4O4. The molecule has 0 unspecified atom stereocenters. The van der Waals surface area contributed by atoms with E-state index in [4.69, 9.17) is 14.8 Å². The molecule has 2 aliphatic rings. The molecule has 1 aromatic carbocycles. The molecule has 0 radical (unpaired) electrons. The Morgan fingerprint density at radius 1 is 1.24 bits per heavy atom. The van der Waals surface area contributed by atoms with Crippen LogP contribution in [0.2, 0.25) is 0 Å².